The molecule has 0 saturated carbocycles. The Hall–Kier alpha value is -3.58. The Morgan fingerprint density at radius 3 is 2.36 bits per heavy atom. The number of thiocarbonyl (C=S) groups is 1. The van der Waals surface area contributed by atoms with E-state index in [1.54, 1.807) is 0 Å². The van der Waals surface area contributed by atoms with E-state index in [4.69, 9.17) is 12.2 Å². The molecule has 166 valence electrons. The van der Waals surface area contributed by atoms with Crippen molar-refractivity contribution < 1.29 is 0 Å². The fraction of sp³-hybridized carbons (Fsp3) is 0.231. The maximum absolute atomic E-state index is 5.83. The number of nitrogens with one attached hydrogen (secondary N) is 1. The Morgan fingerprint density at radius 2 is 1.67 bits per heavy atom. The summed E-state index contributed by atoms with van der Waals surface area (Å²) in [5.41, 5.74) is 6.89. The highest BCUT2D eigenvalue weighted by molar-refractivity contribution is 7.80. The van der Waals surface area contributed by atoms with Crippen molar-refractivity contribution in [2.45, 2.75) is 39.0 Å². The van der Waals surface area contributed by atoms with Crippen LogP contribution in [0.25, 0.3) is 0 Å². The maximum Gasteiger partial charge on any atom is 0.170 e. The normalized spacial score (nSPS) is 17.9. The van der Waals surface area contributed by atoms with Crippen LogP contribution in [0.2, 0.25) is 0 Å². The van der Waals surface area contributed by atoms with Gasteiger partial charge >= 0.3 is 0 Å². The maximum atomic E-state index is 5.83. The highest BCUT2D eigenvalue weighted by Crippen LogP contribution is 2.41. The first kappa shape index (κ1) is 21.3. The summed E-state index contributed by atoms with van der Waals surface area (Å²) in [6, 6.07) is 18.4. The van der Waals surface area contributed by atoms with E-state index in [9.17, 15) is 0 Å². The highest BCUT2D eigenvalue weighted by Gasteiger charge is 2.41. The van der Waals surface area contributed by atoms with Crippen LogP contribution in [-0.2, 0) is 13.1 Å². The fourth-order valence-corrected chi connectivity index (χ4v) is 4.93. The van der Waals surface area contributed by atoms with Crippen LogP contribution >= 0.6 is 12.2 Å². The molecule has 0 spiro atoms. The van der Waals surface area contributed by atoms with Gasteiger partial charge < -0.3 is 14.8 Å². The second kappa shape index (κ2) is 9.11. The zero-order valence-corrected chi connectivity index (χ0v) is 19.5. The summed E-state index contributed by atoms with van der Waals surface area (Å²) >= 11 is 5.83. The molecule has 4 aromatic rings. The average molecular weight is 455 g/mol. The minimum absolute atomic E-state index is 0.00629. The van der Waals surface area contributed by atoms with Gasteiger partial charge in [0.2, 0.25) is 0 Å². The van der Waals surface area contributed by atoms with Crippen molar-refractivity contribution in [3.63, 3.8) is 0 Å². The van der Waals surface area contributed by atoms with Gasteiger partial charge in [0, 0.05) is 42.7 Å². The Morgan fingerprint density at radius 1 is 0.909 bits per heavy atom. The summed E-state index contributed by atoms with van der Waals surface area (Å²) in [5.74, 6) is 0. The van der Waals surface area contributed by atoms with Crippen LogP contribution in [0.15, 0.2) is 79.4 Å². The second-order valence-corrected chi connectivity index (χ2v) is 8.73. The van der Waals surface area contributed by atoms with Gasteiger partial charge in [0.1, 0.15) is 0 Å². The number of aryl methyl sites for hydroxylation is 1. The van der Waals surface area contributed by atoms with Crippen LogP contribution in [0.4, 0.5) is 0 Å². The molecule has 1 aliphatic rings. The number of nitrogens with zero attached hydrogens (tertiary/aromatic N) is 5. The van der Waals surface area contributed by atoms with Crippen LogP contribution in [0.3, 0.4) is 0 Å². The lowest BCUT2D eigenvalue weighted by molar-refractivity contribution is 0.307. The summed E-state index contributed by atoms with van der Waals surface area (Å²) in [7, 11) is 0. The Kier molecular flexibility index (Phi) is 5.88. The third-order valence-electron chi connectivity index (χ3n) is 6.28. The number of hydrogen-bond acceptors (Lipinski definition) is 4. The minimum Gasteiger partial charge on any atom is -0.352 e. The van der Waals surface area contributed by atoms with Crippen molar-refractivity contribution in [1.29, 1.82) is 0 Å². The van der Waals surface area contributed by atoms with E-state index >= 15 is 0 Å². The standard InChI is InChI=1S/C26H26N6S/c1-18-15-22(19(2)31(18)16-20-9-13-27-14-10-20)25-24(23-8-4-6-12-29-23)30-26(33)32(25)17-21-7-3-5-11-28-21/h3-15,24-25H,16-17H2,1-2H3,(H,30,33). The van der Waals surface area contributed by atoms with E-state index in [-0.39, 0.29) is 12.1 Å². The molecule has 7 heteroatoms. The predicted molar refractivity (Wildman–Crippen MR) is 132 cm³/mol. The topological polar surface area (TPSA) is 58.9 Å². The summed E-state index contributed by atoms with van der Waals surface area (Å²) in [6.07, 6.45) is 7.35. The number of aromatic nitrogens is 4. The molecular formula is C26H26N6S. The molecule has 5 heterocycles. The average Bonchev–Trinajstić information content (AvgIpc) is 3.31. The van der Waals surface area contributed by atoms with E-state index in [1.165, 1.54) is 22.5 Å². The van der Waals surface area contributed by atoms with Crippen LogP contribution in [0, 0.1) is 13.8 Å². The Labute approximate surface area is 199 Å². The van der Waals surface area contributed by atoms with E-state index in [2.05, 4.69) is 67.8 Å². The largest absolute Gasteiger partial charge is 0.352 e. The van der Waals surface area contributed by atoms with Gasteiger partial charge in [-0.05, 0) is 79.7 Å². The lowest BCUT2D eigenvalue weighted by atomic mass is 9.96. The van der Waals surface area contributed by atoms with Crippen LogP contribution in [0.5, 0.6) is 0 Å². The first-order valence-electron chi connectivity index (χ1n) is 11.1. The van der Waals surface area contributed by atoms with E-state index < -0.39 is 0 Å². The lowest BCUT2D eigenvalue weighted by Crippen LogP contribution is -2.29. The van der Waals surface area contributed by atoms with Gasteiger partial charge in [-0.2, -0.15) is 0 Å². The number of pyridine rings is 3. The molecule has 1 saturated heterocycles. The van der Waals surface area contributed by atoms with Gasteiger partial charge in [0.15, 0.2) is 5.11 Å². The molecule has 4 aromatic heterocycles. The van der Waals surface area contributed by atoms with Crippen molar-refractivity contribution in [2.75, 3.05) is 0 Å². The van der Waals surface area contributed by atoms with Gasteiger partial charge in [-0.3, -0.25) is 15.0 Å². The van der Waals surface area contributed by atoms with Crippen LogP contribution in [0.1, 0.15) is 46.0 Å². The summed E-state index contributed by atoms with van der Waals surface area (Å²) in [6.45, 7) is 5.80. The first-order chi connectivity index (χ1) is 16.1. The lowest BCUT2D eigenvalue weighted by Gasteiger charge is -2.28. The third kappa shape index (κ3) is 4.24. The minimum atomic E-state index is -0.0442. The molecule has 1 N–H and O–H groups in total. The molecule has 6 nitrogen and oxygen atoms in total. The van der Waals surface area contributed by atoms with Crippen molar-refractivity contribution >= 4 is 17.3 Å². The van der Waals surface area contributed by atoms with Gasteiger partial charge in [-0.25, -0.2) is 0 Å². The molecule has 1 fully saturated rings. The second-order valence-electron chi connectivity index (χ2n) is 8.34. The van der Waals surface area contributed by atoms with Crippen molar-refractivity contribution in [2.24, 2.45) is 0 Å². The molecular weight excluding hydrogens is 428 g/mol. The number of rotatable bonds is 6. The third-order valence-corrected chi connectivity index (χ3v) is 6.63. The number of hydrogen-bond donors (Lipinski definition) is 1. The highest BCUT2D eigenvalue weighted by atomic mass is 32.1. The Balaban J connectivity index is 1.56. The zero-order valence-electron chi connectivity index (χ0n) is 18.7. The van der Waals surface area contributed by atoms with E-state index in [0.29, 0.717) is 6.54 Å². The first-order valence-corrected chi connectivity index (χ1v) is 11.5. The molecule has 0 amide bonds. The molecule has 0 radical (unpaired) electrons. The molecule has 1 aliphatic heterocycles. The SMILES string of the molecule is Cc1cc(C2C(c3ccccn3)NC(=S)N2Cc2ccccn2)c(C)n1Cc1ccncc1. The molecule has 2 atom stereocenters. The molecule has 0 aromatic carbocycles. The van der Waals surface area contributed by atoms with Crippen LogP contribution < -0.4 is 5.32 Å². The van der Waals surface area contributed by atoms with Crippen molar-refractivity contribution in [3.05, 3.63) is 113 Å². The molecule has 2 unspecified atom stereocenters. The predicted octanol–water partition coefficient (Wildman–Crippen LogP) is 4.51. The quantitative estimate of drug-likeness (QED) is 0.433. The van der Waals surface area contributed by atoms with Gasteiger partial charge in [0.25, 0.3) is 0 Å². The van der Waals surface area contributed by atoms with Gasteiger partial charge in [0.05, 0.1) is 30.0 Å². The molecule has 0 bridgehead atoms. The molecule has 0 aliphatic carbocycles. The molecule has 5 rings (SSSR count). The van der Waals surface area contributed by atoms with E-state index in [1.807, 2.05) is 55.1 Å². The summed E-state index contributed by atoms with van der Waals surface area (Å²) in [4.78, 5) is 15.6. The van der Waals surface area contributed by atoms with Crippen molar-refractivity contribution in [3.8, 4) is 0 Å². The van der Waals surface area contributed by atoms with Crippen LogP contribution in [-0.4, -0.2) is 29.5 Å². The zero-order chi connectivity index (χ0) is 22.8. The van der Waals surface area contributed by atoms with Gasteiger partial charge in [-0.1, -0.05) is 12.1 Å². The van der Waals surface area contributed by atoms with Crippen molar-refractivity contribution in [1.82, 2.24) is 29.7 Å². The monoisotopic (exact) mass is 454 g/mol. The fourth-order valence-electron chi connectivity index (χ4n) is 4.62. The molecule has 33 heavy (non-hydrogen) atoms. The Bertz CT molecular complexity index is 1240. The van der Waals surface area contributed by atoms with E-state index in [0.717, 1.165) is 23.0 Å². The summed E-state index contributed by atoms with van der Waals surface area (Å²) < 4.78 is 2.36. The smallest absolute Gasteiger partial charge is 0.170 e. The van der Waals surface area contributed by atoms with Gasteiger partial charge in [-0.15, -0.1) is 0 Å². The summed E-state index contributed by atoms with van der Waals surface area (Å²) in [5, 5.41) is 4.27.